The van der Waals surface area contributed by atoms with E-state index >= 15 is 0 Å². The molecule has 0 saturated heterocycles. The lowest BCUT2D eigenvalue weighted by atomic mass is 10.2. The van der Waals surface area contributed by atoms with E-state index in [0.29, 0.717) is 31.5 Å². The van der Waals surface area contributed by atoms with E-state index in [9.17, 15) is 4.79 Å². The zero-order chi connectivity index (χ0) is 12.6. The molecular formula is C10H23N5O. The monoisotopic (exact) mass is 229 g/mol. The summed E-state index contributed by atoms with van der Waals surface area (Å²) in [6.45, 7) is 5.97. The first kappa shape index (κ1) is 14.5. The number of guanidine groups is 1. The number of nitrogens with two attached hydrogens (primary N) is 1. The van der Waals surface area contributed by atoms with Crippen LogP contribution in [0.1, 0.15) is 13.8 Å². The molecule has 0 rings (SSSR count). The molecule has 0 aliphatic carbocycles. The number of aliphatic imine (C=N–C) groups is 1. The van der Waals surface area contributed by atoms with Crippen molar-refractivity contribution in [3.05, 3.63) is 0 Å². The van der Waals surface area contributed by atoms with Crippen LogP contribution in [0.4, 0.5) is 4.79 Å². The van der Waals surface area contributed by atoms with Gasteiger partial charge in [-0.1, -0.05) is 13.8 Å². The number of rotatable bonds is 5. The van der Waals surface area contributed by atoms with Crippen LogP contribution in [0, 0.1) is 5.92 Å². The molecule has 6 heteroatoms. The van der Waals surface area contributed by atoms with Gasteiger partial charge >= 0.3 is 6.03 Å². The summed E-state index contributed by atoms with van der Waals surface area (Å²) in [5.74, 6) is 0.918. The van der Waals surface area contributed by atoms with Gasteiger partial charge in [0.05, 0.1) is 0 Å². The van der Waals surface area contributed by atoms with Crippen molar-refractivity contribution in [2.24, 2.45) is 16.6 Å². The van der Waals surface area contributed by atoms with Crippen molar-refractivity contribution in [2.75, 3.05) is 33.7 Å². The third kappa shape index (κ3) is 7.90. The summed E-state index contributed by atoms with van der Waals surface area (Å²) in [5.41, 5.74) is 5.61. The maximum absolute atomic E-state index is 11.1. The third-order valence-corrected chi connectivity index (χ3v) is 1.74. The second-order valence-corrected chi connectivity index (χ2v) is 4.17. The number of carbonyl (C=O) groups is 1. The van der Waals surface area contributed by atoms with Gasteiger partial charge in [0.1, 0.15) is 0 Å². The summed E-state index contributed by atoms with van der Waals surface area (Å²) < 4.78 is 0. The molecule has 0 spiro atoms. The highest BCUT2D eigenvalue weighted by Crippen LogP contribution is 1.90. The third-order valence-electron chi connectivity index (χ3n) is 1.74. The fraction of sp³-hybridized carbons (Fsp3) is 0.800. The SMILES string of the molecule is CC(C)CN=C(N)NCCNC(=O)N(C)C. The van der Waals surface area contributed by atoms with Crippen LogP contribution in [0.25, 0.3) is 0 Å². The minimum absolute atomic E-state index is 0.112. The molecule has 0 bridgehead atoms. The molecule has 0 aromatic rings. The van der Waals surface area contributed by atoms with Crippen molar-refractivity contribution >= 4 is 12.0 Å². The highest BCUT2D eigenvalue weighted by Gasteiger charge is 2.00. The summed E-state index contributed by atoms with van der Waals surface area (Å²) in [4.78, 5) is 16.7. The highest BCUT2D eigenvalue weighted by atomic mass is 16.2. The molecule has 16 heavy (non-hydrogen) atoms. The van der Waals surface area contributed by atoms with Crippen molar-refractivity contribution in [3.63, 3.8) is 0 Å². The van der Waals surface area contributed by atoms with Crippen LogP contribution in [0.5, 0.6) is 0 Å². The van der Waals surface area contributed by atoms with Crippen molar-refractivity contribution in [3.8, 4) is 0 Å². The first-order valence-electron chi connectivity index (χ1n) is 5.42. The summed E-state index contributed by atoms with van der Waals surface area (Å²) in [5, 5.41) is 5.64. The van der Waals surface area contributed by atoms with Gasteiger partial charge in [-0.2, -0.15) is 0 Å². The van der Waals surface area contributed by atoms with E-state index in [2.05, 4.69) is 29.5 Å². The molecule has 0 atom stereocenters. The summed E-state index contributed by atoms with van der Waals surface area (Å²) in [6.07, 6.45) is 0. The first-order chi connectivity index (χ1) is 7.43. The summed E-state index contributed by atoms with van der Waals surface area (Å²) >= 11 is 0. The minimum Gasteiger partial charge on any atom is -0.370 e. The lowest BCUT2D eigenvalue weighted by Crippen LogP contribution is -2.41. The van der Waals surface area contributed by atoms with Gasteiger partial charge in [0.15, 0.2) is 5.96 Å². The number of urea groups is 1. The van der Waals surface area contributed by atoms with Gasteiger partial charge in [0.2, 0.25) is 0 Å². The molecule has 0 heterocycles. The molecule has 0 saturated carbocycles. The van der Waals surface area contributed by atoms with Crippen molar-refractivity contribution < 1.29 is 4.79 Å². The Morgan fingerprint density at radius 3 is 2.38 bits per heavy atom. The lowest BCUT2D eigenvalue weighted by Gasteiger charge is -2.12. The zero-order valence-electron chi connectivity index (χ0n) is 10.6. The van der Waals surface area contributed by atoms with Crippen LogP contribution in [0.3, 0.4) is 0 Å². The Morgan fingerprint density at radius 2 is 1.88 bits per heavy atom. The van der Waals surface area contributed by atoms with Crippen LogP contribution >= 0.6 is 0 Å². The molecule has 0 aliphatic heterocycles. The van der Waals surface area contributed by atoms with Gasteiger partial charge in [-0.15, -0.1) is 0 Å². The van der Waals surface area contributed by atoms with E-state index in [1.54, 1.807) is 14.1 Å². The van der Waals surface area contributed by atoms with Crippen LogP contribution in [0.2, 0.25) is 0 Å². The predicted octanol–water partition coefficient (Wildman–Crippen LogP) is -0.182. The van der Waals surface area contributed by atoms with Gasteiger partial charge in [-0.25, -0.2) is 4.79 Å². The van der Waals surface area contributed by atoms with E-state index in [1.165, 1.54) is 4.90 Å². The fourth-order valence-corrected chi connectivity index (χ4v) is 0.855. The Hall–Kier alpha value is -1.46. The quantitative estimate of drug-likeness (QED) is 0.347. The molecule has 0 unspecified atom stereocenters. The average Bonchev–Trinajstić information content (AvgIpc) is 2.20. The number of nitrogens with one attached hydrogen (secondary N) is 2. The van der Waals surface area contributed by atoms with E-state index in [-0.39, 0.29) is 6.03 Å². The Kier molecular flexibility index (Phi) is 7.07. The number of hydrogen-bond acceptors (Lipinski definition) is 2. The smallest absolute Gasteiger partial charge is 0.316 e. The summed E-state index contributed by atoms with van der Waals surface area (Å²) in [7, 11) is 3.39. The molecule has 4 N–H and O–H groups in total. The lowest BCUT2D eigenvalue weighted by molar-refractivity contribution is 0.217. The fourth-order valence-electron chi connectivity index (χ4n) is 0.855. The molecule has 6 nitrogen and oxygen atoms in total. The van der Waals surface area contributed by atoms with Crippen LogP contribution < -0.4 is 16.4 Å². The van der Waals surface area contributed by atoms with Gasteiger partial charge in [0, 0.05) is 33.7 Å². The second-order valence-electron chi connectivity index (χ2n) is 4.17. The van der Waals surface area contributed by atoms with Gasteiger partial charge < -0.3 is 21.3 Å². The van der Waals surface area contributed by atoms with Crippen molar-refractivity contribution in [1.29, 1.82) is 0 Å². The molecular weight excluding hydrogens is 206 g/mol. The Balaban J connectivity index is 3.59. The summed E-state index contributed by atoms with van der Waals surface area (Å²) in [6, 6.07) is -0.112. The molecule has 94 valence electrons. The first-order valence-corrected chi connectivity index (χ1v) is 5.42. The number of carbonyl (C=O) groups excluding carboxylic acids is 1. The van der Waals surface area contributed by atoms with Crippen LogP contribution in [-0.2, 0) is 0 Å². The molecule has 2 amide bonds. The van der Waals surface area contributed by atoms with Crippen molar-refractivity contribution in [1.82, 2.24) is 15.5 Å². The van der Waals surface area contributed by atoms with Crippen LogP contribution in [-0.4, -0.2) is 50.6 Å². The number of amides is 2. The normalized spacial score (nSPS) is 11.4. The Morgan fingerprint density at radius 1 is 1.31 bits per heavy atom. The predicted molar refractivity (Wildman–Crippen MR) is 66.4 cm³/mol. The Labute approximate surface area is 97.3 Å². The largest absolute Gasteiger partial charge is 0.370 e. The molecule has 0 aliphatic rings. The Bertz CT molecular complexity index is 237. The molecule has 0 fully saturated rings. The van der Waals surface area contributed by atoms with Crippen LogP contribution in [0.15, 0.2) is 4.99 Å². The molecule has 0 aromatic heterocycles. The van der Waals surface area contributed by atoms with Crippen molar-refractivity contribution in [2.45, 2.75) is 13.8 Å². The maximum atomic E-state index is 11.1. The van der Waals surface area contributed by atoms with Gasteiger partial charge in [-0.3, -0.25) is 4.99 Å². The maximum Gasteiger partial charge on any atom is 0.316 e. The molecule has 0 aromatic carbocycles. The van der Waals surface area contributed by atoms with E-state index in [1.807, 2.05) is 0 Å². The van der Waals surface area contributed by atoms with E-state index in [4.69, 9.17) is 5.73 Å². The van der Waals surface area contributed by atoms with Gasteiger partial charge in [-0.05, 0) is 5.92 Å². The highest BCUT2D eigenvalue weighted by molar-refractivity contribution is 5.78. The second kappa shape index (κ2) is 7.78. The topological polar surface area (TPSA) is 82.7 Å². The zero-order valence-corrected chi connectivity index (χ0v) is 10.6. The van der Waals surface area contributed by atoms with Gasteiger partial charge in [0.25, 0.3) is 0 Å². The molecule has 0 radical (unpaired) electrons. The minimum atomic E-state index is -0.112. The average molecular weight is 229 g/mol. The standard InChI is InChI=1S/C10H23N5O/c1-8(2)7-14-9(11)12-5-6-13-10(16)15(3)4/h8H,5-7H2,1-4H3,(H,13,16)(H3,11,12,14). The number of nitrogens with zero attached hydrogens (tertiary/aromatic N) is 2. The number of hydrogen-bond donors (Lipinski definition) is 3. The van der Waals surface area contributed by atoms with E-state index < -0.39 is 0 Å². The van der Waals surface area contributed by atoms with E-state index in [0.717, 1.165) is 0 Å².